The van der Waals surface area contributed by atoms with Gasteiger partial charge >= 0.3 is 21.2 Å². The van der Waals surface area contributed by atoms with E-state index in [2.05, 4.69) is 18.2 Å². The summed E-state index contributed by atoms with van der Waals surface area (Å²) in [4.78, 5) is 0. The second-order valence-corrected chi connectivity index (χ2v) is 14.7. The Labute approximate surface area is 378 Å². The van der Waals surface area contributed by atoms with Crippen molar-refractivity contribution in [2.75, 3.05) is 0 Å². The molecule has 13 nitrogen and oxygen atoms in total. The normalized spacial score (nSPS) is 11.2. The standard InChI is InChI=1S/C49H44B3N3O10/c1-2-3-4-5-6-49(64-51(59)47-23-20-44(26-38(47)32-57)62-41-15-9-35(29-54)10-16-41)50(46-22-19-43(25-37(46)31-56)61-40-13-7-34(28-53)8-14-40)65-52(60)48-24-21-45(27-39(48)33-58)63-42-17-11-36(30-55)12-18-42/h2-3,7-27,49,56-60H,4-6,31-33H2,1H3/b3-2-. The number of nitriles is 3. The maximum Gasteiger partial charge on any atom is 0.491 e. The zero-order valence-electron chi connectivity index (χ0n) is 35.5. The van der Waals surface area contributed by atoms with Crippen LogP contribution in [0.5, 0.6) is 34.5 Å². The molecule has 1 atom stereocenters. The highest BCUT2D eigenvalue weighted by molar-refractivity contribution is 6.79. The summed E-state index contributed by atoms with van der Waals surface area (Å²) < 4.78 is 31.0. The molecule has 6 aromatic rings. The fourth-order valence-corrected chi connectivity index (χ4v) is 7.01. The first-order valence-corrected chi connectivity index (χ1v) is 20.7. The molecule has 0 aliphatic carbocycles. The lowest BCUT2D eigenvalue weighted by atomic mass is 9.50. The molecule has 0 saturated heterocycles. The summed E-state index contributed by atoms with van der Waals surface area (Å²) in [5, 5.41) is 83.1. The molecular weight excluding hydrogens is 823 g/mol. The molecule has 65 heavy (non-hydrogen) atoms. The van der Waals surface area contributed by atoms with Crippen molar-refractivity contribution in [3.05, 3.63) is 173 Å². The Hall–Kier alpha value is -7.16. The van der Waals surface area contributed by atoms with E-state index in [1.165, 1.54) is 0 Å². The molecule has 6 aromatic carbocycles. The van der Waals surface area contributed by atoms with Gasteiger partial charge in [0.25, 0.3) is 0 Å². The molecule has 0 aromatic heterocycles. The van der Waals surface area contributed by atoms with Crippen molar-refractivity contribution in [2.24, 2.45) is 0 Å². The van der Waals surface area contributed by atoms with Crippen LogP contribution in [0.25, 0.3) is 0 Å². The van der Waals surface area contributed by atoms with Gasteiger partial charge in [-0.3, -0.25) is 0 Å². The van der Waals surface area contributed by atoms with Gasteiger partial charge in [0.1, 0.15) is 34.5 Å². The van der Waals surface area contributed by atoms with Crippen molar-refractivity contribution in [3.63, 3.8) is 0 Å². The third kappa shape index (κ3) is 12.7. The summed E-state index contributed by atoms with van der Waals surface area (Å²) in [7, 11) is -3.31. The molecule has 0 radical (unpaired) electrons. The predicted molar refractivity (Wildman–Crippen MR) is 246 cm³/mol. The average Bonchev–Trinajstić information content (AvgIpc) is 3.34. The molecule has 0 bridgehead atoms. The molecule has 0 spiro atoms. The molecule has 324 valence electrons. The summed E-state index contributed by atoms with van der Waals surface area (Å²) in [6, 6.07) is 39.2. The minimum atomic E-state index is -1.68. The van der Waals surface area contributed by atoms with E-state index >= 15 is 0 Å². The summed E-state index contributed by atoms with van der Waals surface area (Å²) >= 11 is 0. The van der Waals surface area contributed by atoms with Crippen LogP contribution in [0.4, 0.5) is 0 Å². The second-order valence-electron chi connectivity index (χ2n) is 14.7. The quantitative estimate of drug-likeness (QED) is 0.0328. The number of hydrogen-bond donors (Lipinski definition) is 5. The van der Waals surface area contributed by atoms with Gasteiger partial charge in [-0.2, -0.15) is 15.8 Å². The van der Waals surface area contributed by atoms with Crippen LogP contribution in [-0.4, -0.2) is 52.5 Å². The lowest BCUT2D eigenvalue weighted by Crippen LogP contribution is -2.56. The van der Waals surface area contributed by atoms with Crippen LogP contribution >= 0.6 is 0 Å². The van der Waals surface area contributed by atoms with E-state index in [-0.39, 0.29) is 22.9 Å². The van der Waals surface area contributed by atoms with Crippen molar-refractivity contribution in [3.8, 4) is 52.7 Å². The summed E-state index contributed by atoms with van der Waals surface area (Å²) in [6.07, 6.45) is 5.38. The van der Waals surface area contributed by atoms with Crippen LogP contribution in [0, 0.1) is 34.0 Å². The fourth-order valence-electron chi connectivity index (χ4n) is 7.01. The van der Waals surface area contributed by atoms with Crippen molar-refractivity contribution in [1.29, 1.82) is 15.8 Å². The number of nitrogens with zero attached hydrogens (tertiary/aromatic N) is 3. The topological polar surface area (TPSA) is 219 Å². The number of unbranched alkanes of at least 4 members (excludes halogenated alkanes) is 1. The maximum absolute atomic E-state index is 11.9. The summed E-state index contributed by atoms with van der Waals surface area (Å²) in [6.45, 7) is -0.726. The third-order valence-electron chi connectivity index (χ3n) is 10.4. The van der Waals surface area contributed by atoms with Crippen LogP contribution < -0.4 is 30.6 Å². The monoisotopic (exact) mass is 867 g/mol. The van der Waals surface area contributed by atoms with Crippen molar-refractivity contribution >= 4 is 37.5 Å². The van der Waals surface area contributed by atoms with E-state index in [9.17, 15) is 30.6 Å². The first-order chi connectivity index (χ1) is 31.7. The second kappa shape index (κ2) is 23.5. The lowest BCUT2D eigenvalue weighted by Gasteiger charge is -2.30. The van der Waals surface area contributed by atoms with Gasteiger partial charge < -0.3 is 48.8 Å². The maximum atomic E-state index is 11.9. The van der Waals surface area contributed by atoms with E-state index in [1.807, 2.05) is 19.1 Å². The Morgan fingerprint density at radius 1 is 0.523 bits per heavy atom. The van der Waals surface area contributed by atoms with E-state index < -0.39 is 47.0 Å². The third-order valence-corrected chi connectivity index (χ3v) is 10.4. The molecule has 0 amide bonds. The van der Waals surface area contributed by atoms with Gasteiger partial charge in [-0.25, -0.2) is 0 Å². The Bertz CT molecular complexity index is 2680. The van der Waals surface area contributed by atoms with Gasteiger partial charge in [-0.1, -0.05) is 30.4 Å². The van der Waals surface area contributed by atoms with E-state index in [4.69, 9.17) is 34.0 Å². The zero-order chi connectivity index (χ0) is 46.1. The Kier molecular flexibility index (Phi) is 17.1. The lowest BCUT2D eigenvalue weighted by molar-refractivity contribution is 0.209. The molecule has 16 heteroatoms. The first kappa shape index (κ1) is 47.3. The van der Waals surface area contributed by atoms with Crippen LogP contribution in [0.15, 0.2) is 140 Å². The number of aliphatic hydroxyl groups excluding tert-OH is 3. The zero-order valence-corrected chi connectivity index (χ0v) is 35.5. The van der Waals surface area contributed by atoms with Gasteiger partial charge in [0.15, 0.2) is 0 Å². The SMILES string of the molecule is C/C=C\CCCC(OB(O)c1ccc(Oc2ccc(C#N)cc2)cc1CO)B(OB(O)c1ccc(Oc2ccc(C#N)cc2)cc1CO)c1ccc(Oc2ccc(C#N)cc2)cc1CO. The Morgan fingerprint density at radius 3 is 1.28 bits per heavy atom. The van der Waals surface area contributed by atoms with Crippen LogP contribution in [0.3, 0.4) is 0 Å². The number of aliphatic hydroxyl groups is 3. The molecule has 0 heterocycles. The van der Waals surface area contributed by atoms with Gasteiger partial charge in [-0.15, -0.1) is 0 Å². The van der Waals surface area contributed by atoms with Crippen LogP contribution in [0.2, 0.25) is 0 Å². The highest BCUT2D eigenvalue weighted by Crippen LogP contribution is 2.27. The van der Waals surface area contributed by atoms with E-state index in [1.54, 1.807) is 127 Å². The van der Waals surface area contributed by atoms with Crippen molar-refractivity contribution in [1.82, 2.24) is 0 Å². The summed E-state index contributed by atoms with van der Waals surface area (Å²) in [5.41, 5.74) is 3.21. The van der Waals surface area contributed by atoms with E-state index in [0.717, 1.165) is 0 Å². The van der Waals surface area contributed by atoms with Crippen LogP contribution in [0.1, 0.15) is 59.6 Å². The molecule has 0 aliphatic heterocycles. The summed E-state index contributed by atoms with van der Waals surface area (Å²) in [5.74, 6) is 2.45. The molecule has 1 unspecified atom stereocenters. The minimum absolute atomic E-state index is 0.213. The van der Waals surface area contributed by atoms with Gasteiger partial charge in [0.2, 0.25) is 0 Å². The fraction of sp³-hybridized carbons (Fsp3) is 0.163. The Balaban J connectivity index is 1.35. The molecule has 0 fully saturated rings. The molecule has 0 aliphatic rings. The highest BCUT2D eigenvalue weighted by Gasteiger charge is 2.39. The average molecular weight is 867 g/mol. The van der Waals surface area contributed by atoms with Crippen molar-refractivity contribution in [2.45, 2.75) is 52.0 Å². The van der Waals surface area contributed by atoms with Gasteiger partial charge in [0.05, 0.1) is 60.7 Å². The number of rotatable bonds is 21. The largest absolute Gasteiger partial charge is 0.491 e. The van der Waals surface area contributed by atoms with E-state index in [0.29, 0.717) is 80.6 Å². The molecule has 0 saturated carbocycles. The van der Waals surface area contributed by atoms with Gasteiger partial charge in [0, 0.05) is 0 Å². The van der Waals surface area contributed by atoms with Crippen molar-refractivity contribution < 1.29 is 48.8 Å². The number of allylic oxidation sites excluding steroid dienone is 2. The Morgan fingerprint density at radius 2 is 0.892 bits per heavy atom. The number of ether oxygens (including phenoxy) is 3. The number of benzene rings is 6. The number of hydrogen-bond acceptors (Lipinski definition) is 13. The smallest absolute Gasteiger partial charge is 0.466 e. The predicted octanol–water partition coefficient (Wildman–Crippen LogP) is 5.82. The molecular formula is C49H44B3N3O10. The first-order valence-electron chi connectivity index (χ1n) is 20.7. The molecule has 5 N–H and O–H groups in total. The minimum Gasteiger partial charge on any atom is -0.466 e. The van der Waals surface area contributed by atoms with Gasteiger partial charge in [-0.05, 0) is 168 Å². The molecule has 6 rings (SSSR count). The van der Waals surface area contributed by atoms with Crippen LogP contribution in [-0.2, 0) is 29.0 Å². The highest BCUT2D eigenvalue weighted by atomic mass is 16.5.